The van der Waals surface area contributed by atoms with E-state index in [4.69, 9.17) is 0 Å². The monoisotopic (exact) mass is 1980 g/mol. The van der Waals surface area contributed by atoms with Crippen LogP contribution in [0, 0.1) is 0 Å². The first kappa shape index (κ1) is 201. The average Bonchev–Trinajstić information content (AvgIpc) is 2.98. The fourth-order valence-corrected chi connectivity index (χ4v) is 0. The summed E-state index contributed by atoms with van der Waals surface area (Å²) in [5.74, 6) is 0. The molecule has 56 heavy (non-hydrogen) atoms. The van der Waals surface area contributed by atoms with Crippen molar-refractivity contribution in [2.75, 3.05) is 32.4 Å². The van der Waals surface area contributed by atoms with E-state index in [0.29, 0.717) is 139 Å². The van der Waals surface area contributed by atoms with Gasteiger partial charge in [-0.1, -0.05) is 139 Å². The summed E-state index contributed by atoms with van der Waals surface area (Å²) in [6.45, 7) is 0. The predicted molar refractivity (Wildman–Crippen MR) is 303 cm³/mol. The lowest BCUT2D eigenvalue weighted by Crippen LogP contribution is -1.56. The van der Waals surface area contributed by atoms with Gasteiger partial charge in [0.25, 0.3) is 0 Å². The zero-order valence-corrected chi connectivity index (χ0v) is 40.0. The summed E-state index contributed by atoms with van der Waals surface area (Å²) >= 11 is 21.8. The number of alkyl halides is 12. The van der Waals surface area contributed by atoms with Gasteiger partial charge >= 0.3 is 24.3 Å². The highest BCUT2D eigenvalue weighted by atomic mass is 127. The van der Waals surface area contributed by atoms with Crippen LogP contribution in [0.5, 0.6) is 0 Å². The summed E-state index contributed by atoms with van der Waals surface area (Å²) in [6, 6.07) is 0. The Hall–Kier alpha value is 5.52. The van der Waals surface area contributed by atoms with Crippen molar-refractivity contribution in [2.24, 2.45) is 0 Å². The fraction of sp³-hybridized carbons (Fsp3) is 0.833. The molecular formula is C24H68Cl3F20I9. The van der Waals surface area contributed by atoms with Crippen LogP contribution in [0.4, 0.5) is 78.6 Å². The minimum atomic E-state index is -2.91. The number of rotatable bonds is 0. The molecule has 0 rings (SSSR count). The Kier molecular flexibility index (Phi) is 1390. The molecule has 0 fully saturated rings. The molecule has 0 aromatic rings. The first-order chi connectivity index (χ1) is 19.8. The van der Waals surface area contributed by atoms with Crippen LogP contribution < -0.4 is 0 Å². The third kappa shape index (κ3) is 1120. The molecule has 388 valence electrons. The minimum Gasteiger partial charge on any atom is -0.240 e. The molecular weight excluding hydrogens is 1920 g/mol. The molecule has 0 aliphatic heterocycles. The van der Waals surface area contributed by atoms with E-state index in [1.807, 2.05) is 0 Å². The fourth-order valence-electron chi connectivity index (χ4n) is 0. The molecule has 0 saturated heterocycles. The van der Waals surface area contributed by atoms with E-state index in [-0.39, 0.29) is 118 Å². The van der Waals surface area contributed by atoms with Crippen molar-refractivity contribution >= 4 is 242 Å². The molecule has 32 heteroatoms. The van der Waals surface area contributed by atoms with Crippen molar-refractivity contribution in [3.05, 3.63) is 24.3 Å². The van der Waals surface area contributed by atoms with E-state index in [1.165, 1.54) is 0 Å². The maximum atomic E-state index is 10.3. The third-order valence-corrected chi connectivity index (χ3v) is 0.286. The Labute approximate surface area is 473 Å². The Morgan fingerprint density at radius 1 is 0.250 bits per heavy atom. The molecule has 0 aliphatic rings. The SMILES string of the molecule is C.C.C.C.C.C.C.C.C.C.C.C.C.C.FC(F)=C(F)F.FC(F)=C(F)F.FCCl.FCCl.FCCl.FCI.FCI.FCI.FI.FI.FI.FI.FI.FI. The van der Waals surface area contributed by atoms with Crippen molar-refractivity contribution in [3.8, 4) is 0 Å². The first-order valence-electron chi connectivity index (χ1n) is 6.08. The molecule has 0 radical (unpaired) electrons. The molecule has 0 aliphatic carbocycles. The van der Waals surface area contributed by atoms with Crippen LogP contribution in [-0.2, 0) is 0 Å². The van der Waals surface area contributed by atoms with E-state index in [0.717, 1.165) is 0 Å². The van der Waals surface area contributed by atoms with Gasteiger partial charge in [0, 0.05) is 0 Å². The lowest BCUT2D eigenvalue weighted by Gasteiger charge is -1.69. The number of hydrogen-bond donors (Lipinski definition) is 0. The second kappa shape index (κ2) is 388. The van der Waals surface area contributed by atoms with Crippen LogP contribution in [0.1, 0.15) is 104 Å². The highest BCUT2D eigenvalue weighted by Gasteiger charge is 1.98. The van der Waals surface area contributed by atoms with Gasteiger partial charge in [-0.2, -0.15) is 52.3 Å². The summed E-state index contributed by atoms with van der Waals surface area (Å²) in [7, 11) is 0. The van der Waals surface area contributed by atoms with Crippen molar-refractivity contribution < 1.29 is 78.6 Å². The van der Waals surface area contributed by atoms with Crippen LogP contribution in [0.25, 0.3) is 0 Å². The zero-order chi connectivity index (χ0) is 38.6. The molecule has 0 heterocycles. The second-order valence-electron chi connectivity index (χ2n) is 1.65. The lowest BCUT2D eigenvalue weighted by atomic mass is 11.1. The van der Waals surface area contributed by atoms with Gasteiger partial charge in [-0.05, 0) is 67.8 Å². The molecule has 0 nitrogen and oxygen atoms in total. The van der Waals surface area contributed by atoms with Gasteiger partial charge in [-0.15, -0.1) is 0 Å². The third-order valence-electron chi connectivity index (χ3n) is 0.286. The van der Waals surface area contributed by atoms with Crippen LogP contribution in [-0.4, -0.2) is 32.4 Å². The highest BCUT2D eigenvalue weighted by molar-refractivity contribution is 14.1. The molecule has 0 bridgehead atoms. The normalized spacial score (nSPS) is 4.29. The van der Waals surface area contributed by atoms with E-state index < -0.39 is 42.7 Å². The summed E-state index contributed by atoms with van der Waals surface area (Å²) in [6.07, 6.45) is -14.0. The van der Waals surface area contributed by atoms with Crippen LogP contribution in [0.15, 0.2) is 24.3 Å². The maximum Gasteiger partial charge on any atom is 0.334 e. The van der Waals surface area contributed by atoms with Crippen LogP contribution >= 0.6 is 242 Å². The average molecular weight is 1990 g/mol. The van der Waals surface area contributed by atoms with Crippen molar-refractivity contribution in [1.82, 2.24) is 0 Å². The van der Waals surface area contributed by atoms with E-state index in [1.54, 1.807) is 67.8 Å². The van der Waals surface area contributed by atoms with Crippen LogP contribution in [0.3, 0.4) is 0 Å². The van der Waals surface area contributed by atoms with Crippen LogP contribution in [0.2, 0.25) is 0 Å². The van der Waals surface area contributed by atoms with Gasteiger partial charge in [0.15, 0.2) is 157 Å². The molecule has 0 aromatic heterocycles. The van der Waals surface area contributed by atoms with Gasteiger partial charge in [-0.3, -0.25) is 0 Å². The Balaban J connectivity index is -0.00000000579. The second-order valence-corrected chi connectivity index (χ2v) is 3.98. The quantitative estimate of drug-likeness (QED) is 0.129. The first-order valence-corrected chi connectivity index (χ1v) is 17.1. The smallest absolute Gasteiger partial charge is 0.240 e. The van der Waals surface area contributed by atoms with Crippen molar-refractivity contribution in [1.29, 1.82) is 0 Å². The Bertz CT molecular complexity index is 275. The van der Waals surface area contributed by atoms with E-state index >= 15 is 0 Å². The van der Waals surface area contributed by atoms with E-state index in [9.17, 15) is 78.6 Å². The molecule has 0 unspecified atom stereocenters. The lowest BCUT2D eigenvalue weighted by molar-refractivity contribution is 0.308. The minimum absolute atomic E-state index is 0. The summed E-state index contributed by atoms with van der Waals surface area (Å²) in [4.78, 5) is 0. The van der Waals surface area contributed by atoms with Gasteiger partial charge in [0.2, 0.25) is 0 Å². The van der Waals surface area contributed by atoms with Gasteiger partial charge < -0.3 is 0 Å². The Morgan fingerprint density at radius 2 is 0.268 bits per heavy atom. The summed E-state index contributed by atoms with van der Waals surface area (Å²) in [5, 5.41) is 0. The van der Waals surface area contributed by atoms with Crippen molar-refractivity contribution in [2.45, 2.75) is 104 Å². The predicted octanol–water partition coefficient (Wildman–Crippen LogP) is 28.2. The molecule has 0 saturated carbocycles. The van der Waals surface area contributed by atoms with Gasteiger partial charge in [0.1, 0.15) is 14.0 Å². The molecule has 0 amide bonds. The number of halogens is 32. The largest absolute Gasteiger partial charge is 0.334 e. The molecule has 0 aromatic carbocycles. The van der Waals surface area contributed by atoms with Crippen molar-refractivity contribution in [3.63, 3.8) is 0 Å². The maximum absolute atomic E-state index is 10.3. The van der Waals surface area contributed by atoms with E-state index in [2.05, 4.69) is 34.8 Å². The summed E-state index contributed by atoms with van der Waals surface area (Å²) in [5.41, 5.74) is 0. The molecule has 0 spiro atoms. The molecule has 0 atom stereocenters. The number of hydrogen-bond acceptors (Lipinski definition) is 0. The summed E-state index contributed by atoms with van der Waals surface area (Å²) < 4.78 is 199. The Morgan fingerprint density at radius 3 is 0.268 bits per heavy atom. The standard InChI is InChI=1S/2C2F4.3CH2ClF.3CH2FI.14CH4.6FI/c2*3-1(4)2(5)6;6*2-1-3;;;;;;;;;;;;;;;6*1-2/h;;6*1H2;14*1H4;;;;;;. The molecule has 0 N–H and O–H groups in total. The highest BCUT2D eigenvalue weighted by Crippen LogP contribution is 2.08. The zero-order valence-electron chi connectivity index (χ0n) is 18.3. The van der Waals surface area contributed by atoms with Gasteiger partial charge in [-0.25, -0.2) is 26.3 Å². The van der Waals surface area contributed by atoms with Gasteiger partial charge in [0.05, 0.1) is 0 Å². The topological polar surface area (TPSA) is 0 Å².